The molecule has 0 aliphatic rings. The van der Waals surface area contributed by atoms with E-state index in [1.54, 1.807) is 0 Å². The predicted octanol–water partition coefficient (Wildman–Crippen LogP) is 5.09. The van der Waals surface area contributed by atoms with Gasteiger partial charge in [0, 0.05) is 4.47 Å². The monoisotopic (exact) mass is 340 g/mol. The Kier molecular flexibility index (Phi) is 3.06. The van der Waals surface area contributed by atoms with E-state index >= 15 is 0 Å². The van der Waals surface area contributed by atoms with E-state index < -0.39 is 0 Å². The highest BCUT2D eigenvalue weighted by atomic mass is 79.9. The van der Waals surface area contributed by atoms with Gasteiger partial charge in [0.1, 0.15) is 0 Å². The summed E-state index contributed by atoms with van der Waals surface area (Å²) in [5.74, 6) is 0. The summed E-state index contributed by atoms with van der Waals surface area (Å²) in [7, 11) is 0. The van der Waals surface area contributed by atoms with Crippen LogP contribution in [0.1, 0.15) is 0 Å². The van der Waals surface area contributed by atoms with Crippen molar-refractivity contribution in [2.75, 3.05) is 0 Å². The first-order chi connectivity index (χ1) is 8.66. The molecular weight excluding hydrogens is 335 g/mol. The maximum absolute atomic E-state index is 6.26. The highest BCUT2D eigenvalue weighted by Crippen LogP contribution is 2.30. The number of para-hydroxylation sites is 2. The highest BCUT2D eigenvalue weighted by Gasteiger charge is 2.12. The van der Waals surface area contributed by atoms with Crippen LogP contribution in [0.2, 0.25) is 10.3 Å². The molecule has 5 heteroatoms. The molecule has 2 nitrogen and oxygen atoms in total. The van der Waals surface area contributed by atoms with Crippen LogP contribution in [0.25, 0.3) is 16.7 Å². The zero-order valence-electron chi connectivity index (χ0n) is 9.07. The molecule has 0 bridgehead atoms. The van der Waals surface area contributed by atoms with Gasteiger partial charge in [0.2, 0.25) is 5.28 Å². The first kappa shape index (κ1) is 12.0. The van der Waals surface area contributed by atoms with Gasteiger partial charge < -0.3 is 0 Å². The Labute approximate surface area is 122 Å². The molecular formula is C13H7BrCl2N2. The van der Waals surface area contributed by atoms with Crippen LogP contribution in [0.3, 0.4) is 0 Å². The number of benzene rings is 2. The molecule has 0 amide bonds. The van der Waals surface area contributed by atoms with E-state index in [0.717, 1.165) is 21.2 Å². The van der Waals surface area contributed by atoms with Crippen molar-refractivity contribution in [3.63, 3.8) is 0 Å². The SMILES string of the molecule is Clc1cc(Br)ccc1-n1c(Cl)nc2ccccc21. The number of rotatable bonds is 1. The third kappa shape index (κ3) is 1.92. The molecule has 0 aliphatic carbocycles. The summed E-state index contributed by atoms with van der Waals surface area (Å²) in [4.78, 5) is 4.31. The first-order valence-corrected chi connectivity index (χ1v) is 6.80. The molecule has 3 rings (SSSR count). The van der Waals surface area contributed by atoms with Crippen LogP contribution < -0.4 is 0 Å². The second kappa shape index (κ2) is 4.57. The molecule has 0 saturated carbocycles. The lowest BCUT2D eigenvalue weighted by Gasteiger charge is -2.08. The van der Waals surface area contributed by atoms with Crippen molar-refractivity contribution in [3.8, 4) is 5.69 Å². The average Bonchev–Trinajstić information content (AvgIpc) is 2.66. The number of hydrogen-bond donors (Lipinski definition) is 0. The van der Waals surface area contributed by atoms with E-state index in [1.807, 2.05) is 47.0 Å². The van der Waals surface area contributed by atoms with Gasteiger partial charge in [0.25, 0.3) is 0 Å². The minimum atomic E-state index is 0.403. The van der Waals surface area contributed by atoms with Crippen molar-refractivity contribution < 1.29 is 0 Å². The molecule has 0 spiro atoms. The van der Waals surface area contributed by atoms with Gasteiger partial charge in [-0.2, -0.15) is 0 Å². The van der Waals surface area contributed by atoms with Crippen LogP contribution in [0.15, 0.2) is 46.9 Å². The summed E-state index contributed by atoms with van der Waals surface area (Å²) in [6.07, 6.45) is 0. The molecule has 0 aliphatic heterocycles. The smallest absolute Gasteiger partial charge is 0.208 e. The van der Waals surface area contributed by atoms with E-state index in [1.165, 1.54) is 0 Å². The van der Waals surface area contributed by atoms with Crippen LogP contribution in [0, 0.1) is 0 Å². The molecule has 1 heterocycles. The van der Waals surface area contributed by atoms with Crippen LogP contribution in [0.5, 0.6) is 0 Å². The quantitative estimate of drug-likeness (QED) is 0.602. The molecule has 18 heavy (non-hydrogen) atoms. The van der Waals surface area contributed by atoms with Crippen LogP contribution in [-0.4, -0.2) is 9.55 Å². The number of halogens is 3. The number of hydrogen-bond acceptors (Lipinski definition) is 1. The Balaban J connectivity index is 2.34. The summed E-state index contributed by atoms with van der Waals surface area (Å²) in [5, 5.41) is 1.02. The van der Waals surface area contributed by atoms with E-state index in [4.69, 9.17) is 23.2 Å². The fourth-order valence-corrected chi connectivity index (χ4v) is 2.92. The summed E-state index contributed by atoms with van der Waals surface area (Å²) < 4.78 is 2.77. The first-order valence-electron chi connectivity index (χ1n) is 5.25. The predicted molar refractivity (Wildman–Crippen MR) is 78.8 cm³/mol. The second-order valence-electron chi connectivity index (χ2n) is 3.80. The van der Waals surface area contributed by atoms with Crippen molar-refractivity contribution in [1.82, 2.24) is 9.55 Å². The van der Waals surface area contributed by atoms with E-state index in [9.17, 15) is 0 Å². The highest BCUT2D eigenvalue weighted by molar-refractivity contribution is 9.10. The maximum atomic E-state index is 6.26. The van der Waals surface area contributed by atoms with Crippen LogP contribution >= 0.6 is 39.1 Å². The van der Waals surface area contributed by atoms with Crippen LogP contribution in [-0.2, 0) is 0 Å². The zero-order chi connectivity index (χ0) is 12.7. The molecule has 0 N–H and O–H groups in total. The summed E-state index contributed by atoms with van der Waals surface area (Å²) in [6, 6.07) is 13.4. The third-order valence-corrected chi connectivity index (χ3v) is 3.72. The van der Waals surface area contributed by atoms with E-state index in [2.05, 4.69) is 20.9 Å². The van der Waals surface area contributed by atoms with Gasteiger partial charge in [-0.25, -0.2) is 4.98 Å². The number of imidazole rings is 1. The van der Waals surface area contributed by atoms with Crippen molar-refractivity contribution in [2.24, 2.45) is 0 Å². The molecule has 0 atom stereocenters. The normalized spacial score (nSPS) is 11.1. The van der Waals surface area contributed by atoms with Gasteiger partial charge in [0.15, 0.2) is 0 Å². The Bertz CT molecular complexity index is 737. The molecule has 0 unspecified atom stereocenters. The van der Waals surface area contributed by atoms with Gasteiger partial charge in [-0.3, -0.25) is 4.57 Å². The summed E-state index contributed by atoms with van der Waals surface area (Å²) >= 11 is 15.8. The minimum absolute atomic E-state index is 0.403. The van der Waals surface area contributed by atoms with Gasteiger partial charge in [-0.05, 0) is 41.9 Å². The number of fused-ring (bicyclic) bond motifs is 1. The molecule has 0 saturated heterocycles. The van der Waals surface area contributed by atoms with Crippen molar-refractivity contribution >= 4 is 50.2 Å². The fraction of sp³-hybridized carbons (Fsp3) is 0. The minimum Gasteiger partial charge on any atom is -0.282 e. The topological polar surface area (TPSA) is 17.8 Å². The molecule has 0 fully saturated rings. The lowest BCUT2D eigenvalue weighted by Crippen LogP contribution is -1.95. The van der Waals surface area contributed by atoms with E-state index in [0.29, 0.717) is 10.3 Å². The van der Waals surface area contributed by atoms with Gasteiger partial charge in [0.05, 0.1) is 21.7 Å². The van der Waals surface area contributed by atoms with Crippen molar-refractivity contribution in [3.05, 3.63) is 57.2 Å². The molecule has 1 aromatic heterocycles. The Morgan fingerprint density at radius 2 is 1.83 bits per heavy atom. The molecule has 3 aromatic rings. The lowest BCUT2D eigenvalue weighted by molar-refractivity contribution is 1.09. The molecule has 90 valence electrons. The maximum Gasteiger partial charge on any atom is 0.208 e. The second-order valence-corrected chi connectivity index (χ2v) is 5.46. The largest absolute Gasteiger partial charge is 0.282 e. The van der Waals surface area contributed by atoms with Gasteiger partial charge in [-0.15, -0.1) is 0 Å². The average molecular weight is 342 g/mol. The van der Waals surface area contributed by atoms with Gasteiger partial charge in [-0.1, -0.05) is 39.7 Å². The molecule has 0 radical (unpaired) electrons. The van der Waals surface area contributed by atoms with Gasteiger partial charge >= 0.3 is 0 Å². The molecule has 2 aromatic carbocycles. The lowest BCUT2D eigenvalue weighted by atomic mass is 10.3. The fourth-order valence-electron chi connectivity index (χ4n) is 1.89. The Hall–Kier alpha value is -1.03. The number of aromatic nitrogens is 2. The Morgan fingerprint density at radius 1 is 1.06 bits per heavy atom. The number of nitrogens with zero attached hydrogens (tertiary/aromatic N) is 2. The third-order valence-electron chi connectivity index (χ3n) is 2.67. The summed E-state index contributed by atoms with van der Waals surface area (Å²) in [5.41, 5.74) is 2.60. The standard InChI is InChI=1S/C13H7BrCl2N2/c14-8-5-6-11(9(15)7-8)18-12-4-2-1-3-10(12)17-13(18)16/h1-7H. The Morgan fingerprint density at radius 3 is 2.61 bits per heavy atom. The van der Waals surface area contributed by atoms with Crippen molar-refractivity contribution in [2.45, 2.75) is 0 Å². The van der Waals surface area contributed by atoms with Crippen molar-refractivity contribution in [1.29, 1.82) is 0 Å². The summed E-state index contributed by atoms with van der Waals surface area (Å²) in [6.45, 7) is 0. The zero-order valence-corrected chi connectivity index (χ0v) is 12.2. The van der Waals surface area contributed by atoms with Crippen LogP contribution in [0.4, 0.5) is 0 Å². The van der Waals surface area contributed by atoms with E-state index in [-0.39, 0.29) is 0 Å².